The zero-order valence-electron chi connectivity index (χ0n) is 9.17. The van der Waals surface area contributed by atoms with Crippen molar-refractivity contribution in [1.82, 2.24) is 9.47 Å². The Bertz CT molecular complexity index is 263. The molecule has 2 nitrogen and oxygen atoms in total. The van der Waals surface area contributed by atoms with E-state index >= 15 is 0 Å². The predicted octanol–water partition coefficient (Wildman–Crippen LogP) is 2.27. The molecule has 0 atom stereocenters. The first-order valence-corrected chi connectivity index (χ1v) is 5.10. The number of aromatic nitrogens is 1. The van der Waals surface area contributed by atoms with Crippen molar-refractivity contribution in [3.8, 4) is 0 Å². The summed E-state index contributed by atoms with van der Waals surface area (Å²) in [4.78, 5) is 2.36. The molecule has 13 heavy (non-hydrogen) atoms. The Morgan fingerprint density at radius 2 is 1.92 bits per heavy atom. The van der Waals surface area contributed by atoms with Gasteiger partial charge in [-0.15, -0.1) is 0 Å². The molecule has 0 fully saturated rings. The summed E-state index contributed by atoms with van der Waals surface area (Å²) in [5.74, 6) is 0. The maximum Gasteiger partial charge on any atom is 0.0387 e. The molecule has 0 saturated heterocycles. The van der Waals surface area contributed by atoms with Crippen molar-refractivity contribution in [1.29, 1.82) is 0 Å². The van der Waals surface area contributed by atoms with E-state index in [-0.39, 0.29) is 0 Å². The molecule has 2 rings (SSSR count). The maximum absolute atomic E-state index is 2.36. The number of rotatable bonds is 0. The van der Waals surface area contributed by atoms with Crippen LogP contribution in [-0.2, 0) is 13.1 Å². The molecule has 0 N–H and O–H groups in total. The standard InChI is InChI=1S/C9H14N2.C2H6/c1-8-3-4-11-6-5-10(2)7-9(8)11;1-2/h3-4H,5-7H2,1-2H3;1-2H3. The van der Waals surface area contributed by atoms with Gasteiger partial charge < -0.3 is 4.57 Å². The fraction of sp³-hybridized carbons (Fsp3) is 0.636. The summed E-state index contributed by atoms with van der Waals surface area (Å²) in [5, 5.41) is 0. The second-order valence-corrected chi connectivity index (χ2v) is 3.38. The summed E-state index contributed by atoms with van der Waals surface area (Å²) in [6.45, 7) is 9.63. The van der Waals surface area contributed by atoms with E-state index in [1.165, 1.54) is 17.8 Å². The van der Waals surface area contributed by atoms with Crippen LogP contribution in [0.3, 0.4) is 0 Å². The second-order valence-electron chi connectivity index (χ2n) is 3.38. The first kappa shape index (κ1) is 10.3. The van der Waals surface area contributed by atoms with Crippen LogP contribution in [0.15, 0.2) is 12.3 Å². The Morgan fingerprint density at radius 3 is 2.62 bits per heavy atom. The zero-order chi connectivity index (χ0) is 9.84. The summed E-state index contributed by atoms with van der Waals surface area (Å²) in [7, 11) is 2.18. The van der Waals surface area contributed by atoms with Crippen molar-refractivity contribution < 1.29 is 0 Å². The van der Waals surface area contributed by atoms with E-state index in [2.05, 4.69) is 35.7 Å². The van der Waals surface area contributed by atoms with Crippen LogP contribution >= 0.6 is 0 Å². The van der Waals surface area contributed by atoms with Gasteiger partial charge in [-0.05, 0) is 25.6 Å². The average Bonchev–Trinajstić information content (AvgIpc) is 2.52. The summed E-state index contributed by atoms with van der Waals surface area (Å²) >= 11 is 0. The van der Waals surface area contributed by atoms with Crippen molar-refractivity contribution in [2.24, 2.45) is 0 Å². The van der Waals surface area contributed by atoms with E-state index in [4.69, 9.17) is 0 Å². The first-order valence-electron chi connectivity index (χ1n) is 5.10. The van der Waals surface area contributed by atoms with Crippen molar-refractivity contribution in [3.05, 3.63) is 23.5 Å². The molecule has 0 spiro atoms. The summed E-state index contributed by atoms with van der Waals surface area (Å²) < 4.78 is 2.36. The number of hydrogen-bond donors (Lipinski definition) is 0. The predicted molar refractivity (Wildman–Crippen MR) is 56.9 cm³/mol. The highest BCUT2D eigenvalue weighted by molar-refractivity contribution is 5.21. The minimum atomic E-state index is 1.11. The second kappa shape index (κ2) is 4.47. The molecular formula is C11H20N2. The van der Waals surface area contributed by atoms with Crippen molar-refractivity contribution in [2.75, 3.05) is 13.6 Å². The third-order valence-electron chi connectivity index (χ3n) is 2.45. The molecule has 0 saturated carbocycles. The van der Waals surface area contributed by atoms with Crippen molar-refractivity contribution >= 4 is 0 Å². The molecule has 1 aromatic heterocycles. The van der Waals surface area contributed by atoms with Crippen LogP contribution < -0.4 is 0 Å². The highest BCUT2D eigenvalue weighted by atomic mass is 15.2. The monoisotopic (exact) mass is 180 g/mol. The number of nitrogens with zero attached hydrogens (tertiary/aromatic N) is 2. The van der Waals surface area contributed by atoms with Gasteiger partial charge in [-0.2, -0.15) is 0 Å². The van der Waals surface area contributed by atoms with E-state index in [0.29, 0.717) is 0 Å². The topological polar surface area (TPSA) is 8.17 Å². The van der Waals surface area contributed by atoms with Crippen LogP contribution in [0.2, 0.25) is 0 Å². The summed E-state index contributed by atoms with van der Waals surface area (Å²) in [5.41, 5.74) is 2.91. The minimum absolute atomic E-state index is 1.11. The van der Waals surface area contributed by atoms with Gasteiger partial charge in [0.05, 0.1) is 0 Å². The highest BCUT2D eigenvalue weighted by Gasteiger charge is 2.13. The number of aryl methyl sites for hydroxylation is 1. The smallest absolute Gasteiger partial charge is 0.0387 e. The number of hydrogen-bond acceptors (Lipinski definition) is 1. The molecule has 0 radical (unpaired) electrons. The van der Waals surface area contributed by atoms with Crippen LogP contribution in [0.25, 0.3) is 0 Å². The molecule has 0 aromatic carbocycles. The third kappa shape index (κ3) is 2.13. The van der Waals surface area contributed by atoms with E-state index in [9.17, 15) is 0 Å². The highest BCUT2D eigenvalue weighted by Crippen LogP contribution is 2.15. The molecule has 0 aliphatic carbocycles. The molecule has 1 aromatic rings. The van der Waals surface area contributed by atoms with Gasteiger partial charge >= 0.3 is 0 Å². The van der Waals surface area contributed by atoms with E-state index in [1.807, 2.05) is 13.8 Å². The van der Waals surface area contributed by atoms with E-state index in [0.717, 1.165) is 13.1 Å². The summed E-state index contributed by atoms with van der Waals surface area (Å²) in [6, 6.07) is 2.20. The lowest BCUT2D eigenvalue weighted by Crippen LogP contribution is -2.30. The van der Waals surface area contributed by atoms with Crippen LogP contribution in [0.1, 0.15) is 25.1 Å². The van der Waals surface area contributed by atoms with E-state index in [1.54, 1.807) is 0 Å². The normalized spacial score (nSPS) is 16.0. The molecule has 1 aliphatic rings. The van der Waals surface area contributed by atoms with Gasteiger partial charge in [0.1, 0.15) is 0 Å². The number of fused-ring (bicyclic) bond motifs is 1. The van der Waals surface area contributed by atoms with Crippen molar-refractivity contribution in [3.63, 3.8) is 0 Å². The van der Waals surface area contributed by atoms with Gasteiger partial charge in [0.25, 0.3) is 0 Å². The lowest BCUT2D eigenvalue weighted by atomic mass is 10.2. The third-order valence-corrected chi connectivity index (χ3v) is 2.45. The average molecular weight is 180 g/mol. The Balaban J connectivity index is 0.000000396. The van der Waals surface area contributed by atoms with Crippen LogP contribution in [-0.4, -0.2) is 23.1 Å². The van der Waals surface area contributed by atoms with Gasteiger partial charge in [-0.25, -0.2) is 0 Å². The SMILES string of the molecule is CC.Cc1ccn2c1CN(C)CC2. The van der Waals surface area contributed by atoms with Crippen LogP contribution in [0.4, 0.5) is 0 Å². The Hall–Kier alpha value is -0.760. The fourth-order valence-corrected chi connectivity index (χ4v) is 1.65. The van der Waals surface area contributed by atoms with Crippen LogP contribution in [0, 0.1) is 6.92 Å². The van der Waals surface area contributed by atoms with E-state index < -0.39 is 0 Å². The number of likely N-dealkylation sites (N-methyl/N-ethyl adjacent to an activating group) is 1. The van der Waals surface area contributed by atoms with Gasteiger partial charge in [-0.3, -0.25) is 4.90 Å². The van der Waals surface area contributed by atoms with Gasteiger partial charge in [-0.1, -0.05) is 13.8 Å². The van der Waals surface area contributed by atoms with Gasteiger partial charge in [0, 0.05) is 31.5 Å². The molecule has 2 heteroatoms. The lowest BCUT2D eigenvalue weighted by molar-refractivity contribution is 0.269. The Labute approximate surface area is 81.2 Å². The van der Waals surface area contributed by atoms with Gasteiger partial charge in [0.15, 0.2) is 0 Å². The molecular weight excluding hydrogens is 160 g/mol. The largest absolute Gasteiger partial charge is 0.349 e. The first-order chi connectivity index (χ1) is 6.27. The van der Waals surface area contributed by atoms with Gasteiger partial charge in [0.2, 0.25) is 0 Å². The quantitative estimate of drug-likeness (QED) is 0.594. The molecule has 0 bridgehead atoms. The maximum atomic E-state index is 2.36. The minimum Gasteiger partial charge on any atom is -0.349 e. The fourth-order valence-electron chi connectivity index (χ4n) is 1.65. The van der Waals surface area contributed by atoms with Crippen molar-refractivity contribution in [2.45, 2.75) is 33.9 Å². The zero-order valence-corrected chi connectivity index (χ0v) is 9.17. The van der Waals surface area contributed by atoms with Crippen LogP contribution in [0.5, 0.6) is 0 Å². The molecule has 0 amide bonds. The molecule has 0 unspecified atom stereocenters. The lowest BCUT2D eigenvalue weighted by Gasteiger charge is -2.25. The molecule has 74 valence electrons. The Morgan fingerprint density at radius 1 is 1.23 bits per heavy atom. The summed E-state index contributed by atoms with van der Waals surface area (Å²) in [6.07, 6.45) is 2.19. The molecule has 1 aliphatic heterocycles. The molecule has 2 heterocycles. The Kier molecular flexibility index (Phi) is 3.55.